The van der Waals surface area contributed by atoms with Crippen molar-refractivity contribution >= 4 is 46.7 Å². The summed E-state index contributed by atoms with van der Waals surface area (Å²) in [5, 5.41) is 4.35. The van der Waals surface area contributed by atoms with E-state index in [2.05, 4.69) is 17.2 Å². The van der Waals surface area contributed by atoms with Crippen LogP contribution in [0.3, 0.4) is 0 Å². The lowest BCUT2D eigenvalue weighted by atomic mass is 10.2. The number of rotatable bonds is 4. The van der Waals surface area contributed by atoms with E-state index in [1.54, 1.807) is 24.9 Å². The lowest BCUT2D eigenvalue weighted by Crippen LogP contribution is -2.23. The Hall–Kier alpha value is -1.44. The first-order chi connectivity index (χ1) is 11.8. The average molecular weight is 396 g/mol. The second-order valence-electron chi connectivity index (χ2n) is 5.97. The summed E-state index contributed by atoms with van der Waals surface area (Å²) in [6.45, 7) is 3.99. The van der Waals surface area contributed by atoms with Crippen LogP contribution in [0.2, 0.25) is 5.02 Å². The Kier molecular flexibility index (Phi) is 5.46. The number of amides is 1. The van der Waals surface area contributed by atoms with Gasteiger partial charge in [-0.25, -0.2) is 4.98 Å². The van der Waals surface area contributed by atoms with E-state index in [0.717, 1.165) is 22.6 Å². The largest absolute Gasteiger partial charge is 0.325 e. The zero-order valence-corrected chi connectivity index (χ0v) is 16.5. The number of hydrogen-bond acceptors (Lipinski definition) is 5. The van der Waals surface area contributed by atoms with Crippen molar-refractivity contribution < 1.29 is 4.79 Å². The van der Waals surface area contributed by atoms with Crippen molar-refractivity contribution in [1.82, 2.24) is 9.55 Å². The molecule has 0 spiro atoms. The maximum Gasteiger partial charge on any atom is 0.267 e. The van der Waals surface area contributed by atoms with E-state index in [0.29, 0.717) is 21.1 Å². The normalized spacial score (nSPS) is 15.9. The van der Waals surface area contributed by atoms with E-state index in [1.165, 1.54) is 16.3 Å². The molecule has 1 N–H and O–H groups in total. The summed E-state index contributed by atoms with van der Waals surface area (Å²) in [5.74, 6) is 0.00943. The van der Waals surface area contributed by atoms with Gasteiger partial charge in [0.1, 0.15) is 0 Å². The molecular weight excluding hydrogens is 378 g/mol. The van der Waals surface area contributed by atoms with E-state index in [1.807, 2.05) is 19.1 Å². The van der Waals surface area contributed by atoms with Crippen molar-refractivity contribution in [3.8, 4) is 0 Å². The number of nitrogens with zero attached hydrogens (tertiary/aromatic N) is 2. The molecule has 0 unspecified atom stereocenters. The Morgan fingerprint density at radius 1 is 1.52 bits per heavy atom. The molecule has 1 atom stereocenters. The van der Waals surface area contributed by atoms with Crippen molar-refractivity contribution in [3.63, 3.8) is 0 Å². The molecule has 8 heteroatoms. The van der Waals surface area contributed by atoms with Gasteiger partial charge in [-0.05, 0) is 24.6 Å². The summed E-state index contributed by atoms with van der Waals surface area (Å²) in [6, 6.07) is 5.39. The fourth-order valence-corrected chi connectivity index (χ4v) is 4.61. The number of benzene rings is 1. The number of aryl methyl sites for hydroxylation is 1. The third-order valence-electron chi connectivity index (χ3n) is 3.87. The zero-order valence-electron chi connectivity index (χ0n) is 14.1. The molecule has 0 aliphatic carbocycles. The summed E-state index contributed by atoms with van der Waals surface area (Å²) >= 11 is 8.90. The van der Waals surface area contributed by atoms with Crippen molar-refractivity contribution in [2.45, 2.75) is 35.6 Å². The Labute approximate surface area is 159 Å². The highest BCUT2D eigenvalue weighted by molar-refractivity contribution is 8.00. The zero-order chi connectivity index (χ0) is 18.1. The SMILES string of the molecule is Cc1ccc(NC(=O)CSc2nc3c(c(=O)n2C)S[C@@H](C)C3)cc1Cl. The van der Waals surface area contributed by atoms with Gasteiger partial charge >= 0.3 is 0 Å². The van der Waals surface area contributed by atoms with Crippen LogP contribution in [-0.2, 0) is 18.3 Å². The summed E-state index contributed by atoms with van der Waals surface area (Å²) < 4.78 is 1.52. The van der Waals surface area contributed by atoms with Crippen molar-refractivity contribution in [1.29, 1.82) is 0 Å². The highest BCUT2D eigenvalue weighted by atomic mass is 35.5. The standard InChI is InChI=1S/C17H18ClN3O2S2/c1-9-4-5-11(7-12(9)18)19-14(22)8-24-17-20-13-6-10(2)25-15(13)16(23)21(17)3/h4-5,7,10H,6,8H2,1-3H3,(H,19,22)/t10-/m0/s1. The van der Waals surface area contributed by atoms with E-state index in [4.69, 9.17) is 11.6 Å². The van der Waals surface area contributed by atoms with E-state index in [-0.39, 0.29) is 17.2 Å². The molecule has 5 nitrogen and oxygen atoms in total. The Morgan fingerprint density at radius 3 is 3.00 bits per heavy atom. The minimum absolute atomic E-state index is 0.0347. The summed E-state index contributed by atoms with van der Waals surface area (Å²) in [4.78, 5) is 29.9. The van der Waals surface area contributed by atoms with Crippen LogP contribution in [0.4, 0.5) is 5.69 Å². The number of anilines is 1. The molecule has 132 valence electrons. The number of carbonyl (C=O) groups is 1. The van der Waals surface area contributed by atoms with Crippen LogP contribution in [0.1, 0.15) is 18.2 Å². The van der Waals surface area contributed by atoms with Crippen molar-refractivity contribution in [3.05, 3.63) is 44.8 Å². The second kappa shape index (κ2) is 7.43. The number of carbonyl (C=O) groups excluding carboxylic acids is 1. The molecule has 3 rings (SSSR count). The van der Waals surface area contributed by atoms with Gasteiger partial charge in [0.25, 0.3) is 5.56 Å². The summed E-state index contributed by atoms with van der Waals surface area (Å²) in [6.07, 6.45) is 0.789. The van der Waals surface area contributed by atoms with Crippen LogP contribution >= 0.6 is 35.1 Å². The van der Waals surface area contributed by atoms with E-state index < -0.39 is 0 Å². The van der Waals surface area contributed by atoms with Gasteiger partial charge in [-0.15, -0.1) is 11.8 Å². The summed E-state index contributed by atoms with van der Waals surface area (Å²) in [7, 11) is 1.69. The Balaban J connectivity index is 1.68. The number of hydrogen-bond donors (Lipinski definition) is 1. The van der Waals surface area contributed by atoms with Crippen LogP contribution in [0.15, 0.2) is 33.0 Å². The van der Waals surface area contributed by atoms with Crippen LogP contribution in [-0.4, -0.2) is 26.5 Å². The topological polar surface area (TPSA) is 64.0 Å². The fourth-order valence-electron chi connectivity index (χ4n) is 2.50. The molecule has 2 aromatic rings. The molecule has 0 fully saturated rings. The molecule has 0 radical (unpaired) electrons. The minimum Gasteiger partial charge on any atom is -0.325 e. The monoisotopic (exact) mass is 395 g/mol. The van der Waals surface area contributed by atoms with Gasteiger partial charge in [-0.2, -0.15) is 0 Å². The van der Waals surface area contributed by atoms with Crippen molar-refractivity contribution in [2.75, 3.05) is 11.1 Å². The highest BCUT2D eigenvalue weighted by Crippen LogP contribution is 2.33. The first-order valence-electron chi connectivity index (χ1n) is 7.80. The predicted octanol–water partition coefficient (Wildman–Crippen LogP) is 3.51. The molecule has 2 heterocycles. The van der Waals surface area contributed by atoms with Gasteiger partial charge in [0, 0.05) is 29.4 Å². The van der Waals surface area contributed by atoms with Gasteiger partial charge in [-0.3, -0.25) is 14.2 Å². The number of thioether (sulfide) groups is 2. The van der Waals surface area contributed by atoms with Crippen LogP contribution in [0, 0.1) is 6.92 Å². The average Bonchev–Trinajstić information content (AvgIpc) is 2.94. The van der Waals surface area contributed by atoms with Gasteiger partial charge in [0.2, 0.25) is 5.91 Å². The third kappa shape index (κ3) is 4.04. The molecule has 1 amide bonds. The van der Waals surface area contributed by atoms with Gasteiger partial charge in [-0.1, -0.05) is 36.4 Å². The first-order valence-corrected chi connectivity index (χ1v) is 10.0. The number of nitrogens with one attached hydrogen (secondary N) is 1. The summed E-state index contributed by atoms with van der Waals surface area (Å²) in [5.41, 5.74) is 2.42. The molecule has 1 aromatic heterocycles. The Bertz CT molecular complexity index is 898. The highest BCUT2D eigenvalue weighted by Gasteiger charge is 2.25. The lowest BCUT2D eigenvalue weighted by Gasteiger charge is -2.10. The quantitative estimate of drug-likeness (QED) is 0.634. The molecule has 0 saturated carbocycles. The third-order valence-corrected chi connectivity index (χ3v) is 6.52. The maximum absolute atomic E-state index is 12.4. The molecule has 1 aliphatic heterocycles. The molecular formula is C17H18ClN3O2S2. The van der Waals surface area contributed by atoms with Crippen LogP contribution in [0.25, 0.3) is 0 Å². The Morgan fingerprint density at radius 2 is 2.28 bits per heavy atom. The number of fused-ring (bicyclic) bond motifs is 1. The molecule has 0 saturated heterocycles. The molecule has 1 aliphatic rings. The predicted molar refractivity (Wildman–Crippen MR) is 104 cm³/mol. The minimum atomic E-state index is -0.164. The van der Waals surface area contributed by atoms with Crippen molar-refractivity contribution in [2.24, 2.45) is 7.05 Å². The molecule has 1 aromatic carbocycles. The fraction of sp³-hybridized carbons (Fsp3) is 0.353. The smallest absolute Gasteiger partial charge is 0.267 e. The van der Waals surface area contributed by atoms with Gasteiger partial charge in [0.05, 0.1) is 16.3 Å². The van der Waals surface area contributed by atoms with E-state index in [9.17, 15) is 9.59 Å². The number of halogens is 1. The molecule has 25 heavy (non-hydrogen) atoms. The number of aromatic nitrogens is 2. The lowest BCUT2D eigenvalue weighted by molar-refractivity contribution is -0.113. The van der Waals surface area contributed by atoms with Gasteiger partial charge < -0.3 is 5.32 Å². The van der Waals surface area contributed by atoms with E-state index >= 15 is 0 Å². The van der Waals surface area contributed by atoms with Crippen LogP contribution < -0.4 is 10.9 Å². The van der Waals surface area contributed by atoms with Gasteiger partial charge in [0.15, 0.2) is 5.16 Å². The molecule has 0 bridgehead atoms. The maximum atomic E-state index is 12.4. The second-order valence-corrected chi connectivity index (χ2v) is 8.77. The van der Waals surface area contributed by atoms with Crippen LogP contribution in [0.5, 0.6) is 0 Å². The first kappa shape index (κ1) is 18.4.